The van der Waals surface area contributed by atoms with E-state index in [4.69, 9.17) is 9.92 Å². The largest absolute Gasteiger partial charge is 0.274 e. The smallest absolute Gasteiger partial charge is 0.241 e. The van der Waals surface area contributed by atoms with Crippen LogP contribution in [0.1, 0.15) is 11.3 Å². The molecule has 0 aliphatic carbocycles. The zero-order valence-electron chi connectivity index (χ0n) is 5.79. The van der Waals surface area contributed by atoms with Crippen molar-refractivity contribution in [3.63, 3.8) is 0 Å². The number of halogens is 2. The topological polar surface area (TPSA) is 66.9 Å². The molecule has 1 heterocycles. The molecule has 3 N–H and O–H groups in total. The summed E-state index contributed by atoms with van der Waals surface area (Å²) in [6.45, 7) is 0. The molecule has 0 aliphatic heterocycles. The molecular formula is C5H6F2N2OS2. The van der Waals surface area contributed by atoms with Crippen molar-refractivity contribution in [1.82, 2.24) is 0 Å². The summed E-state index contributed by atoms with van der Waals surface area (Å²) in [4.78, 5) is -0.639. The summed E-state index contributed by atoms with van der Waals surface area (Å²) in [5, 5.41) is 6.25. The van der Waals surface area contributed by atoms with Crippen LogP contribution >= 0.6 is 11.3 Å². The molecule has 1 unspecified atom stereocenters. The van der Waals surface area contributed by atoms with Crippen LogP contribution in [0.25, 0.3) is 0 Å². The summed E-state index contributed by atoms with van der Waals surface area (Å²) in [5.74, 6) is 0. The highest BCUT2D eigenvalue weighted by molar-refractivity contribution is 7.90. The highest BCUT2D eigenvalue weighted by atomic mass is 32.2. The van der Waals surface area contributed by atoms with Crippen molar-refractivity contribution in [3.05, 3.63) is 16.3 Å². The SMILES string of the molecule is N=S(N)(=O)c1ccsc1C(F)F. The van der Waals surface area contributed by atoms with Crippen molar-refractivity contribution in [3.8, 4) is 0 Å². The Hall–Kier alpha value is -0.530. The van der Waals surface area contributed by atoms with E-state index in [1.165, 1.54) is 11.4 Å². The lowest BCUT2D eigenvalue weighted by atomic mass is 10.5. The number of nitrogens with two attached hydrogens (primary N) is 1. The van der Waals surface area contributed by atoms with Crippen LogP contribution in [0.2, 0.25) is 0 Å². The Kier molecular flexibility index (Phi) is 2.45. The zero-order chi connectivity index (χ0) is 9.35. The third-order valence-corrected chi connectivity index (χ3v) is 3.24. The van der Waals surface area contributed by atoms with Gasteiger partial charge in [0.05, 0.1) is 9.77 Å². The van der Waals surface area contributed by atoms with Gasteiger partial charge >= 0.3 is 0 Å². The molecule has 1 rings (SSSR count). The van der Waals surface area contributed by atoms with E-state index in [-0.39, 0.29) is 9.77 Å². The number of hydrogen-bond acceptors (Lipinski definition) is 3. The molecular weight excluding hydrogens is 206 g/mol. The fourth-order valence-corrected chi connectivity index (χ4v) is 2.62. The molecule has 0 radical (unpaired) electrons. The fourth-order valence-electron chi connectivity index (χ4n) is 0.719. The van der Waals surface area contributed by atoms with Crippen molar-refractivity contribution < 1.29 is 13.0 Å². The Balaban J connectivity index is 3.26. The molecule has 0 saturated carbocycles. The van der Waals surface area contributed by atoms with E-state index in [1.807, 2.05) is 0 Å². The fraction of sp³-hybridized carbons (Fsp3) is 0.200. The number of alkyl halides is 2. The predicted molar refractivity (Wildman–Crippen MR) is 42.6 cm³/mol. The molecule has 1 aromatic heterocycles. The van der Waals surface area contributed by atoms with Crippen LogP contribution in [-0.2, 0) is 9.92 Å². The molecule has 0 amide bonds. The molecule has 0 bridgehead atoms. The van der Waals surface area contributed by atoms with Crippen LogP contribution in [0.5, 0.6) is 0 Å². The van der Waals surface area contributed by atoms with Gasteiger partial charge in [0.2, 0.25) is 0 Å². The average molecular weight is 212 g/mol. The molecule has 0 spiro atoms. The lowest BCUT2D eigenvalue weighted by Gasteiger charge is -2.00. The van der Waals surface area contributed by atoms with Crippen LogP contribution < -0.4 is 5.14 Å². The molecule has 0 fully saturated rings. The third-order valence-electron chi connectivity index (χ3n) is 1.18. The minimum absolute atomic E-state index is 0.262. The summed E-state index contributed by atoms with van der Waals surface area (Å²) in [6.07, 6.45) is -2.71. The lowest BCUT2D eigenvalue weighted by molar-refractivity contribution is 0.152. The first-order chi connectivity index (χ1) is 5.43. The summed E-state index contributed by atoms with van der Waals surface area (Å²) >= 11 is 0.755. The average Bonchev–Trinajstić information content (AvgIpc) is 2.30. The van der Waals surface area contributed by atoms with Crippen molar-refractivity contribution >= 4 is 21.3 Å². The van der Waals surface area contributed by atoms with Gasteiger partial charge in [-0.2, -0.15) is 0 Å². The van der Waals surface area contributed by atoms with Gasteiger partial charge in [0.1, 0.15) is 9.92 Å². The van der Waals surface area contributed by atoms with Crippen molar-refractivity contribution in [2.24, 2.45) is 5.14 Å². The van der Waals surface area contributed by atoms with Crippen molar-refractivity contribution in [2.45, 2.75) is 11.3 Å². The highest BCUT2D eigenvalue weighted by Gasteiger charge is 2.19. The van der Waals surface area contributed by atoms with Gasteiger partial charge < -0.3 is 0 Å². The van der Waals surface area contributed by atoms with Gasteiger partial charge in [-0.15, -0.1) is 11.3 Å². The van der Waals surface area contributed by atoms with Crippen LogP contribution in [0.3, 0.4) is 0 Å². The van der Waals surface area contributed by atoms with Gasteiger partial charge in [-0.1, -0.05) is 0 Å². The quantitative estimate of drug-likeness (QED) is 0.773. The molecule has 0 aromatic carbocycles. The van der Waals surface area contributed by atoms with Gasteiger partial charge in [0.25, 0.3) is 6.43 Å². The van der Waals surface area contributed by atoms with Crippen molar-refractivity contribution in [2.75, 3.05) is 0 Å². The van der Waals surface area contributed by atoms with Gasteiger partial charge in [-0.3, -0.25) is 0 Å². The normalized spacial score (nSPS) is 16.3. The number of nitrogens with one attached hydrogen (secondary N) is 1. The molecule has 1 atom stereocenters. The highest BCUT2D eigenvalue weighted by Crippen LogP contribution is 2.30. The van der Waals surface area contributed by atoms with Gasteiger partial charge in [-0.05, 0) is 11.4 Å². The number of rotatable bonds is 2. The Morgan fingerprint density at radius 2 is 2.25 bits per heavy atom. The summed E-state index contributed by atoms with van der Waals surface area (Å²) in [7, 11) is -3.50. The maximum absolute atomic E-state index is 12.1. The minimum Gasteiger partial charge on any atom is -0.241 e. The van der Waals surface area contributed by atoms with Gasteiger partial charge in [-0.25, -0.2) is 22.9 Å². The Morgan fingerprint density at radius 1 is 1.67 bits per heavy atom. The second kappa shape index (κ2) is 3.08. The standard InChI is InChI=1S/C5H6F2N2OS2/c6-5(7)4-3(1-2-11-4)12(8,9)10/h1-2,5H,(H3,8,9,10). The Bertz CT molecular complexity index is 371. The maximum atomic E-state index is 12.1. The molecule has 0 saturated heterocycles. The third kappa shape index (κ3) is 1.79. The number of hydrogen-bond donors (Lipinski definition) is 2. The second-order valence-corrected chi connectivity index (χ2v) is 4.64. The monoisotopic (exact) mass is 212 g/mol. The van der Waals surface area contributed by atoms with E-state index in [0.29, 0.717) is 0 Å². The second-order valence-electron chi connectivity index (χ2n) is 2.05. The number of thiophene rings is 1. The molecule has 12 heavy (non-hydrogen) atoms. The zero-order valence-corrected chi connectivity index (χ0v) is 7.42. The summed E-state index contributed by atoms with van der Waals surface area (Å²) in [5.41, 5.74) is 0. The van der Waals surface area contributed by atoms with E-state index < -0.39 is 16.3 Å². The Morgan fingerprint density at radius 3 is 2.58 bits per heavy atom. The van der Waals surface area contributed by atoms with Crippen LogP contribution in [0.4, 0.5) is 8.78 Å². The van der Waals surface area contributed by atoms with Gasteiger partial charge in [0, 0.05) is 0 Å². The van der Waals surface area contributed by atoms with E-state index in [2.05, 4.69) is 0 Å². The minimum atomic E-state index is -3.50. The van der Waals surface area contributed by atoms with E-state index >= 15 is 0 Å². The van der Waals surface area contributed by atoms with Crippen LogP contribution in [0.15, 0.2) is 16.3 Å². The molecule has 0 aliphatic rings. The molecule has 68 valence electrons. The van der Waals surface area contributed by atoms with Crippen LogP contribution in [0, 0.1) is 4.78 Å². The lowest BCUT2D eigenvalue weighted by Crippen LogP contribution is -2.11. The van der Waals surface area contributed by atoms with Gasteiger partial charge in [0.15, 0.2) is 0 Å². The maximum Gasteiger partial charge on any atom is 0.274 e. The van der Waals surface area contributed by atoms with Crippen LogP contribution in [-0.4, -0.2) is 4.21 Å². The van der Waals surface area contributed by atoms with E-state index in [9.17, 15) is 13.0 Å². The first kappa shape index (κ1) is 9.56. The summed E-state index contributed by atoms with van der Waals surface area (Å²) in [6, 6.07) is 1.20. The van der Waals surface area contributed by atoms with Crippen molar-refractivity contribution in [1.29, 1.82) is 4.78 Å². The molecule has 1 aromatic rings. The Labute approximate surface area is 72.3 Å². The van der Waals surface area contributed by atoms with E-state index in [1.54, 1.807) is 0 Å². The summed E-state index contributed by atoms with van der Waals surface area (Å²) < 4.78 is 42.1. The predicted octanol–water partition coefficient (Wildman–Crippen LogP) is 1.97. The van der Waals surface area contributed by atoms with E-state index in [0.717, 1.165) is 11.3 Å². The first-order valence-corrected chi connectivity index (χ1v) is 5.35. The molecule has 3 nitrogen and oxygen atoms in total. The molecule has 7 heteroatoms. The first-order valence-electron chi connectivity index (χ1n) is 2.85.